The summed E-state index contributed by atoms with van der Waals surface area (Å²) in [6.07, 6.45) is -2.43. The minimum Gasteiger partial charge on any atom is -0.481 e. The Morgan fingerprint density at radius 2 is 1.62 bits per heavy atom. The number of halogens is 2. The molecule has 0 aliphatic carbocycles. The first kappa shape index (κ1) is 32.6. The highest BCUT2D eigenvalue weighted by Crippen LogP contribution is 2.32. The molecule has 1 fully saturated rings. The van der Waals surface area contributed by atoms with Gasteiger partial charge in [0, 0.05) is 55.8 Å². The summed E-state index contributed by atoms with van der Waals surface area (Å²) in [5.74, 6) is -8.36. The van der Waals surface area contributed by atoms with Gasteiger partial charge in [-0.25, -0.2) is 23.4 Å². The van der Waals surface area contributed by atoms with Crippen LogP contribution in [0.4, 0.5) is 13.6 Å². The number of carboxylic acids is 2. The van der Waals surface area contributed by atoms with E-state index in [1.165, 1.54) is 21.9 Å². The van der Waals surface area contributed by atoms with E-state index in [1.54, 1.807) is 25.1 Å². The SMILES string of the molecule is CCOC(=O)N1CCN(C(=O)C(CCNC(=O)c2cc(OC(C(=O)O)c3ccccc3)c3cc(F)cc(F)c3n2)C(=O)O)CC1. The van der Waals surface area contributed by atoms with Crippen LogP contribution in [-0.4, -0.2) is 94.2 Å². The molecule has 1 aliphatic rings. The third-order valence-corrected chi connectivity index (χ3v) is 7.03. The molecule has 1 aromatic heterocycles. The number of fused-ring (bicyclic) bond motifs is 1. The molecule has 4 rings (SSSR count). The van der Waals surface area contributed by atoms with Gasteiger partial charge in [-0.3, -0.25) is 14.4 Å². The number of rotatable bonds is 11. The third-order valence-electron chi connectivity index (χ3n) is 7.03. The first-order chi connectivity index (χ1) is 21.5. The lowest BCUT2D eigenvalue weighted by Gasteiger charge is -2.35. The number of carbonyl (C=O) groups is 5. The second-order valence-electron chi connectivity index (χ2n) is 9.98. The molecular formula is C30H30F2N4O9. The lowest BCUT2D eigenvalue weighted by atomic mass is 10.0. The van der Waals surface area contributed by atoms with Crippen LogP contribution in [0.1, 0.15) is 35.5 Å². The van der Waals surface area contributed by atoms with E-state index in [-0.39, 0.29) is 62.5 Å². The smallest absolute Gasteiger partial charge is 0.409 e. The van der Waals surface area contributed by atoms with Crippen molar-refractivity contribution in [1.29, 1.82) is 0 Å². The molecule has 1 aliphatic heterocycles. The van der Waals surface area contributed by atoms with Gasteiger partial charge < -0.3 is 34.8 Å². The number of piperazine rings is 1. The monoisotopic (exact) mass is 628 g/mol. The number of ether oxygens (including phenoxy) is 2. The van der Waals surface area contributed by atoms with Gasteiger partial charge in [0.2, 0.25) is 12.0 Å². The number of benzene rings is 2. The Morgan fingerprint density at radius 3 is 2.24 bits per heavy atom. The summed E-state index contributed by atoms with van der Waals surface area (Å²) in [5, 5.41) is 21.7. The maximum absolute atomic E-state index is 14.8. The molecule has 2 unspecified atom stereocenters. The summed E-state index contributed by atoms with van der Waals surface area (Å²) >= 11 is 0. The highest BCUT2D eigenvalue weighted by Gasteiger charge is 2.33. The van der Waals surface area contributed by atoms with E-state index >= 15 is 0 Å². The van der Waals surface area contributed by atoms with E-state index in [9.17, 15) is 43.0 Å². The molecule has 3 aromatic rings. The minimum atomic E-state index is -1.60. The molecular weight excluding hydrogens is 598 g/mol. The number of nitrogens with zero attached hydrogens (tertiary/aromatic N) is 3. The lowest BCUT2D eigenvalue weighted by molar-refractivity contribution is -0.152. The summed E-state index contributed by atoms with van der Waals surface area (Å²) in [4.78, 5) is 68.6. The number of aromatic nitrogens is 1. The molecule has 3 amide bonds. The van der Waals surface area contributed by atoms with Crippen LogP contribution in [-0.2, 0) is 19.1 Å². The number of pyridine rings is 1. The van der Waals surface area contributed by atoms with Crippen molar-refractivity contribution >= 4 is 40.7 Å². The summed E-state index contributed by atoms with van der Waals surface area (Å²) < 4.78 is 39.5. The van der Waals surface area contributed by atoms with Crippen molar-refractivity contribution in [3.8, 4) is 5.75 Å². The summed E-state index contributed by atoms with van der Waals surface area (Å²) in [5.41, 5.74) is -0.658. The summed E-state index contributed by atoms with van der Waals surface area (Å²) in [6.45, 7) is 2.09. The van der Waals surface area contributed by atoms with Gasteiger partial charge >= 0.3 is 18.0 Å². The molecule has 0 saturated carbocycles. The zero-order chi connectivity index (χ0) is 32.7. The Bertz CT molecular complexity index is 1600. The highest BCUT2D eigenvalue weighted by atomic mass is 19.1. The van der Waals surface area contributed by atoms with E-state index in [0.717, 1.165) is 12.1 Å². The molecule has 0 bridgehead atoms. The van der Waals surface area contributed by atoms with Gasteiger partial charge in [-0.2, -0.15) is 0 Å². The van der Waals surface area contributed by atoms with Gasteiger partial charge in [-0.15, -0.1) is 0 Å². The second-order valence-corrected chi connectivity index (χ2v) is 9.98. The second kappa shape index (κ2) is 14.4. The fraction of sp³-hybridized carbons (Fsp3) is 0.333. The predicted molar refractivity (Wildman–Crippen MR) is 152 cm³/mol. The van der Waals surface area contributed by atoms with Crippen molar-refractivity contribution in [1.82, 2.24) is 20.1 Å². The Morgan fingerprint density at radius 1 is 0.956 bits per heavy atom. The first-order valence-corrected chi connectivity index (χ1v) is 14.0. The summed E-state index contributed by atoms with van der Waals surface area (Å²) in [7, 11) is 0. The van der Waals surface area contributed by atoms with Crippen molar-refractivity contribution in [3.63, 3.8) is 0 Å². The Kier molecular flexibility index (Phi) is 10.4. The van der Waals surface area contributed by atoms with Crippen LogP contribution in [0.25, 0.3) is 10.9 Å². The van der Waals surface area contributed by atoms with E-state index < -0.39 is 64.7 Å². The van der Waals surface area contributed by atoms with Crippen molar-refractivity contribution in [3.05, 3.63) is 71.4 Å². The zero-order valence-corrected chi connectivity index (χ0v) is 24.1. The fourth-order valence-electron chi connectivity index (χ4n) is 4.77. The third kappa shape index (κ3) is 7.79. The van der Waals surface area contributed by atoms with Gasteiger partial charge in [0.15, 0.2) is 5.82 Å². The van der Waals surface area contributed by atoms with E-state index in [0.29, 0.717) is 6.07 Å². The molecule has 1 saturated heterocycles. The van der Waals surface area contributed by atoms with Crippen molar-refractivity contribution in [2.45, 2.75) is 19.4 Å². The van der Waals surface area contributed by atoms with Gasteiger partial charge in [0.1, 0.15) is 28.7 Å². The maximum atomic E-state index is 14.8. The fourth-order valence-corrected chi connectivity index (χ4v) is 4.77. The lowest BCUT2D eigenvalue weighted by Crippen LogP contribution is -2.53. The quantitative estimate of drug-likeness (QED) is 0.268. The van der Waals surface area contributed by atoms with Gasteiger partial charge in [0.25, 0.3) is 5.91 Å². The number of aliphatic carboxylic acids is 2. The number of hydrogen-bond donors (Lipinski definition) is 3. The molecule has 15 heteroatoms. The number of hydrogen-bond acceptors (Lipinski definition) is 8. The molecule has 2 atom stereocenters. The molecule has 2 heterocycles. The van der Waals surface area contributed by atoms with Gasteiger partial charge in [0.05, 0.1) is 6.61 Å². The van der Waals surface area contributed by atoms with Crippen molar-refractivity contribution in [2.75, 3.05) is 39.3 Å². The molecule has 45 heavy (non-hydrogen) atoms. The summed E-state index contributed by atoms with van der Waals surface area (Å²) in [6, 6.07) is 10.2. The highest BCUT2D eigenvalue weighted by molar-refractivity contribution is 5.98. The molecule has 3 N–H and O–H groups in total. The maximum Gasteiger partial charge on any atom is 0.409 e. The molecule has 238 valence electrons. The van der Waals surface area contributed by atoms with Crippen LogP contribution >= 0.6 is 0 Å². The Labute approximate surface area is 255 Å². The first-order valence-electron chi connectivity index (χ1n) is 14.0. The van der Waals surface area contributed by atoms with Crippen molar-refractivity contribution < 1.29 is 52.4 Å². The van der Waals surface area contributed by atoms with Crippen LogP contribution in [0.5, 0.6) is 5.75 Å². The van der Waals surface area contributed by atoms with Crippen molar-refractivity contribution in [2.24, 2.45) is 5.92 Å². The average Bonchev–Trinajstić information content (AvgIpc) is 3.01. The average molecular weight is 629 g/mol. The van der Waals surface area contributed by atoms with Crippen LogP contribution < -0.4 is 10.1 Å². The van der Waals surface area contributed by atoms with Crippen LogP contribution in [0.15, 0.2) is 48.5 Å². The van der Waals surface area contributed by atoms with Crippen LogP contribution in [0.2, 0.25) is 0 Å². The predicted octanol–water partition coefficient (Wildman–Crippen LogP) is 2.84. The van der Waals surface area contributed by atoms with E-state index in [4.69, 9.17) is 9.47 Å². The largest absolute Gasteiger partial charge is 0.481 e. The van der Waals surface area contributed by atoms with Crippen LogP contribution in [0, 0.1) is 17.6 Å². The normalized spacial score (nSPS) is 14.4. The molecule has 0 spiro atoms. The number of amides is 3. The molecule has 0 radical (unpaired) electrons. The number of nitrogens with one attached hydrogen (secondary N) is 1. The standard InChI is InChI=1S/C30H30F2N4O9/c1-2-44-30(43)36-12-10-35(11-13-36)27(38)19(28(39)40)8-9-33-26(37)22-16-23(20-14-18(31)15-21(32)24(20)34-22)45-25(29(41)42)17-6-4-3-5-7-17/h3-7,14-16,19,25H,2,8-13H2,1H3,(H,33,37)(H,39,40)(H,41,42). The Hall–Kier alpha value is -5.34. The molecule has 13 nitrogen and oxygen atoms in total. The minimum absolute atomic E-state index is 0.101. The van der Waals surface area contributed by atoms with Gasteiger partial charge in [-0.05, 0) is 19.4 Å². The zero-order valence-electron chi connectivity index (χ0n) is 24.1. The van der Waals surface area contributed by atoms with Crippen LogP contribution in [0.3, 0.4) is 0 Å². The molecule has 2 aromatic carbocycles. The van der Waals surface area contributed by atoms with E-state index in [2.05, 4.69) is 10.3 Å². The van der Waals surface area contributed by atoms with E-state index in [1.807, 2.05) is 0 Å². The Balaban J connectivity index is 1.49. The number of carbonyl (C=O) groups excluding carboxylic acids is 3. The number of carboxylic acid groups (broad SMARTS) is 2. The van der Waals surface area contributed by atoms with Gasteiger partial charge in [-0.1, -0.05) is 30.3 Å². The topological polar surface area (TPSA) is 176 Å².